The van der Waals surface area contributed by atoms with Gasteiger partial charge in [-0.15, -0.1) is 0 Å². The van der Waals surface area contributed by atoms with Gasteiger partial charge < -0.3 is 26.0 Å². The van der Waals surface area contributed by atoms with Gasteiger partial charge in [0.25, 0.3) is 0 Å². The predicted octanol–water partition coefficient (Wildman–Crippen LogP) is 2.17. The molecule has 8 nitrogen and oxygen atoms in total. The Hall–Kier alpha value is -2.09. The number of nitrogens with one attached hydrogen (secondary N) is 2. The number of carbonyl (C=O) groups is 1. The number of piperidine rings is 2. The van der Waals surface area contributed by atoms with Crippen LogP contribution in [0.15, 0.2) is 6.33 Å². The second-order valence-corrected chi connectivity index (χ2v) is 9.39. The molecule has 2 aliphatic rings. The van der Waals surface area contributed by atoms with Crippen molar-refractivity contribution in [2.45, 2.75) is 70.5 Å². The smallest absolute Gasteiger partial charge is 0.308 e. The summed E-state index contributed by atoms with van der Waals surface area (Å²) in [6.45, 7) is 10.4. The van der Waals surface area contributed by atoms with Gasteiger partial charge in [0.2, 0.25) is 0 Å². The topological polar surface area (TPSA) is 105 Å². The van der Waals surface area contributed by atoms with Gasteiger partial charge in [-0.3, -0.25) is 4.79 Å². The average molecular weight is 391 g/mol. The van der Waals surface area contributed by atoms with Crippen molar-refractivity contribution in [2.75, 3.05) is 36.1 Å². The normalized spacial score (nSPS) is 22.7. The minimum absolute atomic E-state index is 0.0406. The van der Waals surface area contributed by atoms with E-state index < -0.39 is 0 Å². The largest absolute Gasteiger partial charge is 0.469 e. The van der Waals surface area contributed by atoms with Gasteiger partial charge in [0, 0.05) is 30.2 Å². The number of esters is 1. The lowest BCUT2D eigenvalue weighted by atomic mass is 9.79. The lowest BCUT2D eigenvalue weighted by molar-refractivity contribution is -0.146. The number of ether oxygens (including phenoxy) is 1. The molecular formula is C20H34N6O2. The molecular weight excluding hydrogens is 356 g/mol. The molecule has 28 heavy (non-hydrogen) atoms. The van der Waals surface area contributed by atoms with E-state index in [1.807, 2.05) is 0 Å². The first-order chi connectivity index (χ1) is 13.1. The van der Waals surface area contributed by atoms with Crippen molar-refractivity contribution in [1.29, 1.82) is 0 Å². The van der Waals surface area contributed by atoms with Gasteiger partial charge in [-0.05, 0) is 53.4 Å². The average Bonchev–Trinajstić information content (AvgIpc) is 2.60. The Morgan fingerprint density at radius 2 is 1.82 bits per heavy atom. The van der Waals surface area contributed by atoms with Crippen LogP contribution < -0.4 is 21.3 Å². The summed E-state index contributed by atoms with van der Waals surface area (Å²) in [6.07, 6.45) is 5.03. The van der Waals surface area contributed by atoms with E-state index in [1.54, 1.807) is 6.33 Å². The van der Waals surface area contributed by atoms with Gasteiger partial charge in [-0.25, -0.2) is 9.97 Å². The molecule has 0 saturated carbocycles. The SMILES string of the molecule is COC(=O)C1CCN(c2ncnc(NC3CC(C)(C)NC(C)(C)C3)c2N)CC1. The lowest BCUT2D eigenvalue weighted by Crippen LogP contribution is -2.60. The number of nitrogens with zero attached hydrogens (tertiary/aromatic N) is 3. The van der Waals surface area contributed by atoms with E-state index in [4.69, 9.17) is 10.5 Å². The lowest BCUT2D eigenvalue weighted by Gasteiger charge is -2.46. The van der Waals surface area contributed by atoms with E-state index >= 15 is 0 Å². The van der Waals surface area contributed by atoms with Gasteiger partial charge in [0.1, 0.15) is 12.0 Å². The number of methoxy groups -OCH3 is 1. The Morgan fingerprint density at radius 3 is 2.39 bits per heavy atom. The van der Waals surface area contributed by atoms with Crippen LogP contribution in [0.4, 0.5) is 17.3 Å². The fourth-order valence-corrected chi connectivity index (χ4v) is 4.86. The van der Waals surface area contributed by atoms with Crippen molar-refractivity contribution in [3.63, 3.8) is 0 Å². The number of anilines is 3. The zero-order valence-electron chi connectivity index (χ0n) is 17.7. The van der Waals surface area contributed by atoms with Crippen molar-refractivity contribution in [1.82, 2.24) is 15.3 Å². The van der Waals surface area contributed by atoms with Gasteiger partial charge in [0.15, 0.2) is 11.6 Å². The minimum Gasteiger partial charge on any atom is -0.469 e. The van der Waals surface area contributed by atoms with Crippen LogP contribution in [0.1, 0.15) is 53.4 Å². The molecule has 3 heterocycles. The molecule has 0 unspecified atom stereocenters. The number of hydrogen-bond acceptors (Lipinski definition) is 8. The third-order valence-corrected chi connectivity index (χ3v) is 5.72. The number of nitrogen functional groups attached to an aromatic ring is 1. The van der Waals surface area contributed by atoms with E-state index in [1.165, 1.54) is 7.11 Å². The zero-order chi connectivity index (χ0) is 20.5. The Morgan fingerprint density at radius 1 is 1.21 bits per heavy atom. The van der Waals surface area contributed by atoms with E-state index in [-0.39, 0.29) is 29.0 Å². The zero-order valence-corrected chi connectivity index (χ0v) is 17.7. The second kappa shape index (κ2) is 7.73. The quantitative estimate of drug-likeness (QED) is 0.672. The number of aromatic nitrogens is 2. The monoisotopic (exact) mass is 390 g/mol. The highest BCUT2D eigenvalue weighted by Gasteiger charge is 2.38. The summed E-state index contributed by atoms with van der Waals surface area (Å²) in [6, 6.07) is 0.279. The van der Waals surface area contributed by atoms with Crippen LogP contribution in [0.2, 0.25) is 0 Å². The number of hydrogen-bond donors (Lipinski definition) is 3. The Kier molecular flexibility index (Phi) is 5.70. The molecule has 0 bridgehead atoms. The molecule has 1 aromatic heterocycles. The molecule has 0 radical (unpaired) electrons. The van der Waals surface area contributed by atoms with Crippen LogP contribution >= 0.6 is 0 Å². The predicted molar refractivity (Wildman–Crippen MR) is 111 cm³/mol. The maximum atomic E-state index is 11.8. The molecule has 0 aromatic carbocycles. The highest BCUT2D eigenvalue weighted by atomic mass is 16.5. The summed E-state index contributed by atoms with van der Waals surface area (Å²) in [4.78, 5) is 22.7. The second-order valence-electron chi connectivity index (χ2n) is 9.39. The molecule has 8 heteroatoms. The molecule has 1 aromatic rings. The summed E-state index contributed by atoms with van der Waals surface area (Å²) < 4.78 is 4.87. The van der Waals surface area contributed by atoms with E-state index in [0.29, 0.717) is 11.5 Å². The van der Waals surface area contributed by atoms with Crippen molar-refractivity contribution >= 4 is 23.3 Å². The van der Waals surface area contributed by atoms with E-state index in [9.17, 15) is 4.79 Å². The fourth-order valence-electron chi connectivity index (χ4n) is 4.86. The third-order valence-electron chi connectivity index (χ3n) is 5.72. The van der Waals surface area contributed by atoms with Gasteiger partial charge in [-0.2, -0.15) is 0 Å². The standard InChI is InChI=1S/C20H34N6O2/c1-19(2)10-14(11-20(3,4)25-19)24-16-15(21)17(23-12-22-16)26-8-6-13(7-9-26)18(27)28-5/h12-14,25H,6-11,21H2,1-5H3,(H,22,23,24). The van der Waals surface area contributed by atoms with E-state index in [0.717, 1.165) is 44.6 Å². The van der Waals surface area contributed by atoms with Crippen LogP contribution in [-0.2, 0) is 9.53 Å². The molecule has 0 aliphatic carbocycles. The molecule has 2 aliphatic heterocycles. The van der Waals surface area contributed by atoms with Crippen LogP contribution in [0.5, 0.6) is 0 Å². The molecule has 2 fully saturated rings. The summed E-state index contributed by atoms with van der Waals surface area (Å²) in [5.74, 6) is 1.27. The molecule has 2 saturated heterocycles. The van der Waals surface area contributed by atoms with Gasteiger partial charge in [0.05, 0.1) is 13.0 Å². The van der Waals surface area contributed by atoms with Gasteiger partial charge in [-0.1, -0.05) is 0 Å². The van der Waals surface area contributed by atoms with Crippen LogP contribution in [0, 0.1) is 5.92 Å². The highest BCUT2D eigenvalue weighted by Crippen LogP contribution is 2.34. The minimum atomic E-state index is -0.131. The Labute approximate surface area is 167 Å². The summed E-state index contributed by atoms with van der Waals surface area (Å²) in [5.41, 5.74) is 7.11. The Balaban J connectivity index is 1.71. The number of nitrogens with two attached hydrogens (primary N) is 1. The molecule has 3 rings (SSSR count). The summed E-state index contributed by atoms with van der Waals surface area (Å²) in [7, 11) is 1.44. The first kappa shape index (κ1) is 20.6. The maximum Gasteiger partial charge on any atom is 0.308 e. The van der Waals surface area contributed by atoms with Crippen LogP contribution in [0.25, 0.3) is 0 Å². The number of rotatable bonds is 4. The Bertz CT molecular complexity index is 697. The van der Waals surface area contributed by atoms with Crippen molar-refractivity contribution in [3.8, 4) is 0 Å². The summed E-state index contributed by atoms with van der Waals surface area (Å²) >= 11 is 0. The van der Waals surface area contributed by atoms with Crippen molar-refractivity contribution < 1.29 is 9.53 Å². The van der Waals surface area contributed by atoms with Gasteiger partial charge >= 0.3 is 5.97 Å². The number of carbonyl (C=O) groups excluding carboxylic acids is 1. The van der Waals surface area contributed by atoms with Crippen LogP contribution in [0.3, 0.4) is 0 Å². The molecule has 0 amide bonds. The molecule has 0 spiro atoms. The van der Waals surface area contributed by atoms with Crippen LogP contribution in [-0.4, -0.2) is 53.3 Å². The fraction of sp³-hybridized carbons (Fsp3) is 0.750. The summed E-state index contributed by atoms with van der Waals surface area (Å²) in [5, 5.41) is 7.25. The molecule has 156 valence electrons. The van der Waals surface area contributed by atoms with E-state index in [2.05, 4.69) is 53.2 Å². The molecule has 0 atom stereocenters. The van der Waals surface area contributed by atoms with Crippen molar-refractivity contribution in [2.24, 2.45) is 5.92 Å². The third kappa shape index (κ3) is 4.66. The molecule has 4 N–H and O–H groups in total. The maximum absolute atomic E-state index is 11.8. The first-order valence-electron chi connectivity index (χ1n) is 10.1. The first-order valence-corrected chi connectivity index (χ1v) is 10.1. The highest BCUT2D eigenvalue weighted by molar-refractivity contribution is 5.76. The van der Waals surface area contributed by atoms with Crippen molar-refractivity contribution in [3.05, 3.63) is 6.33 Å².